The van der Waals surface area contributed by atoms with Crippen molar-refractivity contribution in [2.24, 2.45) is 0 Å². The van der Waals surface area contributed by atoms with Crippen molar-refractivity contribution >= 4 is 5.97 Å². The van der Waals surface area contributed by atoms with Gasteiger partial charge in [0.1, 0.15) is 5.76 Å². The predicted octanol–water partition coefficient (Wildman–Crippen LogP) is 1.76. The first-order chi connectivity index (χ1) is 4.86. The number of carbonyl (C=O) groups is 1. The van der Waals surface area contributed by atoms with Crippen molar-refractivity contribution in [1.29, 1.82) is 0 Å². The molecule has 2 rings (SSSR count). The SMILES string of the molecule is O=C1CCC(=C2CCC2)O1. The van der Waals surface area contributed by atoms with Crippen LogP contribution in [0.15, 0.2) is 11.3 Å². The second kappa shape index (κ2) is 2.11. The summed E-state index contributed by atoms with van der Waals surface area (Å²) in [6.07, 6.45) is 5.04. The van der Waals surface area contributed by atoms with Crippen LogP contribution in [0.4, 0.5) is 0 Å². The lowest BCUT2D eigenvalue weighted by molar-refractivity contribution is -0.135. The molecule has 1 aliphatic heterocycles. The second-order valence-corrected chi connectivity index (χ2v) is 2.85. The lowest BCUT2D eigenvalue weighted by Crippen LogP contribution is -2.01. The fourth-order valence-corrected chi connectivity index (χ4v) is 1.34. The van der Waals surface area contributed by atoms with E-state index in [1.165, 1.54) is 12.0 Å². The number of rotatable bonds is 0. The van der Waals surface area contributed by atoms with Gasteiger partial charge in [0.15, 0.2) is 0 Å². The van der Waals surface area contributed by atoms with E-state index in [2.05, 4.69) is 0 Å². The average molecular weight is 138 g/mol. The first-order valence-electron chi connectivity index (χ1n) is 3.78. The van der Waals surface area contributed by atoms with Crippen LogP contribution in [0.5, 0.6) is 0 Å². The molecule has 1 heterocycles. The van der Waals surface area contributed by atoms with Gasteiger partial charge in [0, 0.05) is 6.42 Å². The number of carbonyl (C=O) groups excluding carboxylic acids is 1. The molecular formula is C8H10O2. The molecule has 0 N–H and O–H groups in total. The van der Waals surface area contributed by atoms with Gasteiger partial charge in [-0.3, -0.25) is 4.79 Å². The van der Waals surface area contributed by atoms with Crippen LogP contribution in [0.25, 0.3) is 0 Å². The zero-order valence-electron chi connectivity index (χ0n) is 5.85. The summed E-state index contributed by atoms with van der Waals surface area (Å²) in [7, 11) is 0. The average Bonchev–Trinajstić information content (AvgIpc) is 2.10. The molecule has 1 saturated heterocycles. The zero-order valence-corrected chi connectivity index (χ0v) is 5.85. The van der Waals surface area contributed by atoms with Gasteiger partial charge < -0.3 is 4.74 Å². The van der Waals surface area contributed by atoms with Crippen LogP contribution in [0.1, 0.15) is 32.1 Å². The molecule has 2 heteroatoms. The van der Waals surface area contributed by atoms with Crippen LogP contribution in [0, 0.1) is 0 Å². The van der Waals surface area contributed by atoms with Crippen molar-refractivity contribution in [3.63, 3.8) is 0 Å². The Labute approximate surface area is 59.9 Å². The minimum atomic E-state index is -0.0469. The first kappa shape index (κ1) is 5.96. The third-order valence-electron chi connectivity index (χ3n) is 2.14. The summed E-state index contributed by atoms with van der Waals surface area (Å²) >= 11 is 0. The molecule has 2 fully saturated rings. The van der Waals surface area contributed by atoms with Gasteiger partial charge in [-0.05, 0) is 24.8 Å². The lowest BCUT2D eigenvalue weighted by Gasteiger charge is -2.17. The van der Waals surface area contributed by atoms with Gasteiger partial charge in [0.05, 0.1) is 6.42 Å². The van der Waals surface area contributed by atoms with Crippen molar-refractivity contribution in [3.05, 3.63) is 11.3 Å². The van der Waals surface area contributed by atoms with Gasteiger partial charge in [0.2, 0.25) is 0 Å². The highest BCUT2D eigenvalue weighted by Gasteiger charge is 2.23. The molecule has 2 nitrogen and oxygen atoms in total. The van der Waals surface area contributed by atoms with Gasteiger partial charge >= 0.3 is 5.97 Å². The maximum absolute atomic E-state index is 10.6. The highest BCUT2D eigenvalue weighted by Crippen LogP contribution is 2.33. The monoisotopic (exact) mass is 138 g/mol. The van der Waals surface area contributed by atoms with Gasteiger partial charge in [-0.15, -0.1) is 0 Å². The summed E-state index contributed by atoms with van der Waals surface area (Å²) in [6.45, 7) is 0. The summed E-state index contributed by atoms with van der Waals surface area (Å²) in [5.41, 5.74) is 1.38. The molecule has 10 heavy (non-hydrogen) atoms. The van der Waals surface area contributed by atoms with Crippen molar-refractivity contribution in [1.82, 2.24) is 0 Å². The van der Waals surface area contributed by atoms with Crippen molar-refractivity contribution < 1.29 is 9.53 Å². The Balaban J connectivity index is 2.12. The lowest BCUT2D eigenvalue weighted by atomic mass is 9.91. The molecule has 0 atom stereocenters. The van der Waals surface area contributed by atoms with Crippen LogP contribution < -0.4 is 0 Å². The number of ether oxygens (including phenoxy) is 1. The fraction of sp³-hybridized carbons (Fsp3) is 0.625. The number of allylic oxidation sites excluding steroid dienone is 2. The molecule has 1 saturated carbocycles. The van der Waals surface area contributed by atoms with E-state index < -0.39 is 0 Å². The molecule has 0 bridgehead atoms. The van der Waals surface area contributed by atoms with Crippen LogP contribution in [-0.2, 0) is 9.53 Å². The van der Waals surface area contributed by atoms with Crippen LogP contribution in [0.3, 0.4) is 0 Å². The molecule has 54 valence electrons. The normalized spacial score (nSPS) is 24.6. The molecule has 0 radical (unpaired) electrons. The largest absolute Gasteiger partial charge is 0.431 e. The van der Waals surface area contributed by atoms with E-state index in [4.69, 9.17) is 4.74 Å². The van der Waals surface area contributed by atoms with E-state index in [0.717, 1.165) is 25.0 Å². The smallest absolute Gasteiger partial charge is 0.311 e. The highest BCUT2D eigenvalue weighted by molar-refractivity contribution is 5.73. The Morgan fingerprint density at radius 3 is 2.30 bits per heavy atom. The maximum atomic E-state index is 10.6. The third kappa shape index (κ3) is 0.838. The van der Waals surface area contributed by atoms with E-state index >= 15 is 0 Å². The predicted molar refractivity (Wildman–Crippen MR) is 36.2 cm³/mol. The maximum Gasteiger partial charge on any atom is 0.311 e. The topological polar surface area (TPSA) is 26.3 Å². The first-order valence-corrected chi connectivity index (χ1v) is 3.78. The van der Waals surface area contributed by atoms with Gasteiger partial charge in [-0.25, -0.2) is 0 Å². The van der Waals surface area contributed by atoms with Crippen LogP contribution in [0.2, 0.25) is 0 Å². The Hall–Kier alpha value is -0.790. The van der Waals surface area contributed by atoms with Crippen molar-refractivity contribution in [2.45, 2.75) is 32.1 Å². The molecular weight excluding hydrogens is 128 g/mol. The molecule has 0 unspecified atom stereocenters. The third-order valence-corrected chi connectivity index (χ3v) is 2.14. The van der Waals surface area contributed by atoms with Gasteiger partial charge in [-0.1, -0.05) is 0 Å². The van der Waals surface area contributed by atoms with Crippen LogP contribution in [-0.4, -0.2) is 5.97 Å². The van der Waals surface area contributed by atoms with E-state index in [1.807, 2.05) is 0 Å². The molecule has 0 aromatic rings. The van der Waals surface area contributed by atoms with Gasteiger partial charge in [-0.2, -0.15) is 0 Å². The van der Waals surface area contributed by atoms with E-state index in [1.54, 1.807) is 0 Å². The molecule has 1 aliphatic carbocycles. The van der Waals surface area contributed by atoms with Crippen molar-refractivity contribution in [3.8, 4) is 0 Å². The number of hydrogen-bond donors (Lipinski definition) is 0. The summed E-state index contributed by atoms with van der Waals surface area (Å²) in [5, 5.41) is 0. The second-order valence-electron chi connectivity index (χ2n) is 2.85. The quantitative estimate of drug-likeness (QED) is 0.477. The number of cyclic esters (lactones) is 1. The van der Waals surface area contributed by atoms with E-state index in [9.17, 15) is 4.79 Å². The molecule has 0 aromatic carbocycles. The molecule has 0 aromatic heterocycles. The Bertz CT molecular complexity index is 197. The summed E-state index contributed by atoms with van der Waals surface area (Å²) < 4.78 is 5.01. The summed E-state index contributed by atoms with van der Waals surface area (Å²) in [6, 6.07) is 0. The highest BCUT2D eigenvalue weighted by atomic mass is 16.5. The number of hydrogen-bond acceptors (Lipinski definition) is 2. The van der Waals surface area contributed by atoms with Crippen LogP contribution >= 0.6 is 0 Å². The zero-order chi connectivity index (χ0) is 6.97. The Morgan fingerprint density at radius 2 is 1.90 bits per heavy atom. The Morgan fingerprint density at radius 1 is 1.10 bits per heavy atom. The summed E-state index contributed by atoms with van der Waals surface area (Å²) in [4.78, 5) is 10.6. The number of esters is 1. The minimum Gasteiger partial charge on any atom is -0.431 e. The fourth-order valence-electron chi connectivity index (χ4n) is 1.34. The summed E-state index contributed by atoms with van der Waals surface area (Å²) in [5.74, 6) is 0.936. The molecule has 0 spiro atoms. The molecule has 0 amide bonds. The standard InChI is InChI=1S/C8H10O2/c9-8-5-4-7(10-8)6-2-1-3-6/h1-5H2. The van der Waals surface area contributed by atoms with E-state index in [0.29, 0.717) is 6.42 Å². The Kier molecular flexibility index (Phi) is 1.26. The molecule has 2 aliphatic rings. The van der Waals surface area contributed by atoms with Crippen molar-refractivity contribution in [2.75, 3.05) is 0 Å². The van der Waals surface area contributed by atoms with E-state index in [-0.39, 0.29) is 5.97 Å². The minimum absolute atomic E-state index is 0.0469. The van der Waals surface area contributed by atoms with Gasteiger partial charge in [0.25, 0.3) is 0 Å².